The average Bonchev–Trinajstić information content (AvgIpc) is 3.09. The molecule has 0 bridgehead atoms. The summed E-state index contributed by atoms with van der Waals surface area (Å²) in [6, 6.07) is 7.20. The van der Waals surface area contributed by atoms with Crippen molar-refractivity contribution in [1.29, 1.82) is 5.26 Å². The van der Waals surface area contributed by atoms with Crippen molar-refractivity contribution < 1.29 is 14.2 Å². The summed E-state index contributed by atoms with van der Waals surface area (Å²) in [5, 5.41) is 8.86. The van der Waals surface area contributed by atoms with E-state index in [2.05, 4.69) is 6.07 Å². The molecular formula is C11H11NO3. The van der Waals surface area contributed by atoms with E-state index >= 15 is 0 Å². The number of hydrogen-bond donors (Lipinski definition) is 0. The Morgan fingerprint density at radius 1 is 1.60 bits per heavy atom. The van der Waals surface area contributed by atoms with Crippen LogP contribution in [0.3, 0.4) is 0 Å². The van der Waals surface area contributed by atoms with Crippen molar-refractivity contribution in [3.8, 4) is 17.6 Å². The van der Waals surface area contributed by atoms with Crippen LogP contribution in [0.2, 0.25) is 0 Å². The number of hydrogen-bond acceptors (Lipinski definition) is 4. The van der Waals surface area contributed by atoms with E-state index in [1.165, 1.54) is 0 Å². The standard InChI is InChI=1S/C11H11NO3/c1-13-9-3-2-8(5-12)11(4-9)15-7-10-6-14-10/h2-4,10H,6-7H2,1H3. The minimum Gasteiger partial charge on any atom is -0.497 e. The van der Waals surface area contributed by atoms with E-state index < -0.39 is 0 Å². The molecule has 4 heteroatoms. The fraction of sp³-hybridized carbons (Fsp3) is 0.364. The molecule has 0 saturated carbocycles. The number of nitriles is 1. The average molecular weight is 205 g/mol. The molecule has 0 aliphatic carbocycles. The third kappa shape index (κ3) is 2.39. The summed E-state index contributed by atoms with van der Waals surface area (Å²) in [6.45, 7) is 1.23. The molecule has 0 aromatic heterocycles. The molecule has 78 valence electrons. The lowest BCUT2D eigenvalue weighted by atomic mass is 10.2. The van der Waals surface area contributed by atoms with Gasteiger partial charge in [0.05, 0.1) is 19.3 Å². The van der Waals surface area contributed by atoms with Gasteiger partial charge in [-0.25, -0.2) is 0 Å². The van der Waals surface area contributed by atoms with Crippen molar-refractivity contribution in [1.82, 2.24) is 0 Å². The van der Waals surface area contributed by atoms with Crippen LogP contribution in [-0.4, -0.2) is 26.4 Å². The second kappa shape index (κ2) is 4.20. The topological polar surface area (TPSA) is 54.8 Å². The number of methoxy groups -OCH3 is 1. The minimum atomic E-state index is 0.183. The third-order valence-electron chi connectivity index (χ3n) is 2.14. The van der Waals surface area contributed by atoms with Crippen molar-refractivity contribution in [2.24, 2.45) is 0 Å². The van der Waals surface area contributed by atoms with Gasteiger partial charge in [-0.3, -0.25) is 0 Å². The first-order valence-electron chi connectivity index (χ1n) is 4.66. The number of benzene rings is 1. The first-order valence-corrected chi connectivity index (χ1v) is 4.66. The molecule has 0 amide bonds. The molecule has 0 radical (unpaired) electrons. The van der Waals surface area contributed by atoms with Crippen LogP contribution in [0.15, 0.2) is 18.2 Å². The van der Waals surface area contributed by atoms with Crippen LogP contribution in [0, 0.1) is 11.3 Å². The van der Waals surface area contributed by atoms with Crippen LogP contribution >= 0.6 is 0 Å². The lowest BCUT2D eigenvalue weighted by molar-refractivity contribution is 0.261. The normalized spacial score (nSPS) is 18.0. The molecule has 1 fully saturated rings. The zero-order valence-electron chi connectivity index (χ0n) is 8.40. The maximum atomic E-state index is 8.86. The summed E-state index contributed by atoms with van der Waals surface area (Å²) in [6.07, 6.45) is 0.183. The van der Waals surface area contributed by atoms with Gasteiger partial charge in [0.15, 0.2) is 0 Å². The summed E-state index contributed by atoms with van der Waals surface area (Å²) in [4.78, 5) is 0. The molecular weight excluding hydrogens is 194 g/mol. The highest BCUT2D eigenvalue weighted by Crippen LogP contribution is 2.25. The summed E-state index contributed by atoms with van der Waals surface area (Å²) in [5.41, 5.74) is 0.511. The lowest BCUT2D eigenvalue weighted by Gasteiger charge is -2.07. The Balaban J connectivity index is 2.13. The van der Waals surface area contributed by atoms with Crippen LogP contribution < -0.4 is 9.47 Å². The van der Waals surface area contributed by atoms with E-state index in [4.69, 9.17) is 19.5 Å². The molecule has 0 N–H and O–H groups in total. The summed E-state index contributed by atoms with van der Waals surface area (Å²) in [7, 11) is 1.58. The minimum absolute atomic E-state index is 0.183. The van der Waals surface area contributed by atoms with Crippen molar-refractivity contribution >= 4 is 0 Å². The van der Waals surface area contributed by atoms with Gasteiger partial charge < -0.3 is 14.2 Å². The second-order valence-electron chi connectivity index (χ2n) is 3.24. The molecule has 2 rings (SSSR count). The maximum Gasteiger partial charge on any atom is 0.140 e. The Hall–Kier alpha value is -1.73. The zero-order chi connectivity index (χ0) is 10.7. The molecule has 1 saturated heterocycles. The third-order valence-corrected chi connectivity index (χ3v) is 2.14. The maximum absolute atomic E-state index is 8.86. The smallest absolute Gasteiger partial charge is 0.140 e. The number of epoxide rings is 1. The van der Waals surface area contributed by atoms with Crippen molar-refractivity contribution in [2.45, 2.75) is 6.10 Å². The van der Waals surface area contributed by atoms with E-state index in [1.54, 1.807) is 25.3 Å². The van der Waals surface area contributed by atoms with Gasteiger partial charge in [-0.15, -0.1) is 0 Å². The second-order valence-corrected chi connectivity index (χ2v) is 3.24. The van der Waals surface area contributed by atoms with E-state index in [9.17, 15) is 0 Å². The Bertz CT molecular complexity index is 393. The molecule has 1 heterocycles. The van der Waals surface area contributed by atoms with Gasteiger partial charge in [0.1, 0.15) is 30.3 Å². The molecule has 0 spiro atoms. The first kappa shape index (κ1) is 9.81. The highest BCUT2D eigenvalue weighted by atomic mass is 16.6. The van der Waals surface area contributed by atoms with Gasteiger partial charge in [0, 0.05) is 6.07 Å². The fourth-order valence-corrected chi connectivity index (χ4v) is 1.19. The highest BCUT2D eigenvalue weighted by molar-refractivity contribution is 5.47. The van der Waals surface area contributed by atoms with Gasteiger partial charge in [-0.1, -0.05) is 0 Å². The molecule has 1 aromatic rings. The molecule has 1 unspecified atom stereocenters. The summed E-state index contributed by atoms with van der Waals surface area (Å²) in [5.74, 6) is 1.23. The van der Waals surface area contributed by atoms with Gasteiger partial charge >= 0.3 is 0 Å². The van der Waals surface area contributed by atoms with Crippen LogP contribution in [0.1, 0.15) is 5.56 Å². The lowest BCUT2D eigenvalue weighted by Crippen LogP contribution is -2.05. The van der Waals surface area contributed by atoms with Crippen molar-refractivity contribution in [3.05, 3.63) is 23.8 Å². The SMILES string of the molecule is COc1ccc(C#N)c(OCC2CO2)c1. The van der Waals surface area contributed by atoms with Crippen LogP contribution in [-0.2, 0) is 4.74 Å². The first-order chi connectivity index (χ1) is 7.33. The largest absolute Gasteiger partial charge is 0.497 e. The molecule has 1 aliphatic heterocycles. The monoisotopic (exact) mass is 205 g/mol. The Labute approximate surface area is 88.0 Å². The Morgan fingerprint density at radius 2 is 2.40 bits per heavy atom. The number of ether oxygens (including phenoxy) is 3. The van der Waals surface area contributed by atoms with Gasteiger partial charge in [0.25, 0.3) is 0 Å². The number of nitrogens with zero attached hydrogens (tertiary/aromatic N) is 1. The fourth-order valence-electron chi connectivity index (χ4n) is 1.19. The quantitative estimate of drug-likeness (QED) is 0.696. The van der Waals surface area contributed by atoms with Gasteiger partial charge in [-0.05, 0) is 12.1 Å². The zero-order valence-corrected chi connectivity index (χ0v) is 8.40. The predicted octanol–water partition coefficient (Wildman–Crippen LogP) is 1.34. The van der Waals surface area contributed by atoms with Crippen LogP contribution in [0.5, 0.6) is 11.5 Å². The molecule has 15 heavy (non-hydrogen) atoms. The Kier molecular flexibility index (Phi) is 2.75. The molecule has 4 nitrogen and oxygen atoms in total. The molecule has 1 aromatic carbocycles. The van der Waals surface area contributed by atoms with Crippen LogP contribution in [0.4, 0.5) is 0 Å². The van der Waals surface area contributed by atoms with E-state index in [-0.39, 0.29) is 6.10 Å². The summed E-state index contributed by atoms with van der Waals surface area (Å²) < 4.78 is 15.5. The van der Waals surface area contributed by atoms with Crippen molar-refractivity contribution in [2.75, 3.05) is 20.3 Å². The van der Waals surface area contributed by atoms with Gasteiger partial charge in [0.2, 0.25) is 0 Å². The number of rotatable bonds is 4. The van der Waals surface area contributed by atoms with Crippen molar-refractivity contribution in [3.63, 3.8) is 0 Å². The molecule has 1 atom stereocenters. The van der Waals surface area contributed by atoms with Gasteiger partial charge in [-0.2, -0.15) is 5.26 Å². The van der Waals surface area contributed by atoms with E-state index in [1.807, 2.05) is 0 Å². The van der Waals surface area contributed by atoms with E-state index in [0.29, 0.717) is 23.7 Å². The van der Waals surface area contributed by atoms with E-state index in [0.717, 1.165) is 6.61 Å². The highest BCUT2D eigenvalue weighted by Gasteiger charge is 2.23. The molecule has 1 aliphatic rings. The predicted molar refractivity (Wildman–Crippen MR) is 52.9 cm³/mol. The van der Waals surface area contributed by atoms with Crippen LogP contribution in [0.25, 0.3) is 0 Å². The Morgan fingerprint density at radius 3 is 3.00 bits per heavy atom. The summed E-state index contributed by atoms with van der Waals surface area (Å²) >= 11 is 0.